The molecule has 2 nitrogen and oxygen atoms in total. The summed E-state index contributed by atoms with van der Waals surface area (Å²) in [5.41, 5.74) is 4.05. The van der Waals surface area contributed by atoms with Gasteiger partial charge in [0.1, 0.15) is 0 Å². The number of rotatable bonds is 1. The second kappa shape index (κ2) is 6.06. The van der Waals surface area contributed by atoms with E-state index in [1.165, 1.54) is 0 Å². The van der Waals surface area contributed by atoms with E-state index in [0.717, 1.165) is 45.3 Å². The summed E-state index contributed by atoms with van der Waals surface area (Å²) in [4.78, 5) is 13.8. The Morgan fingerprint density at radius 1 is 1.04 bits per heavy atom. The van der Waals surface area contributed by atoms with Gasteiger partial charge in [0, 0.05) is 27.6 Å². The Kier molecular flexibility index (Phi) is 3.92. The van der Waals surface area contributed by atoms with E-state index in [0.29, 0.717) is 6.42 Å². The molecule has 0 bridgehead atoms. The molecular weight excluding hydrogens is 326 g/mol. The zero-order chi connectivity index (χ0) is 15.8. The van der Waals surface area contributed by atoms with Crippen molar-refractivity contribution in [1.82, 2.24) is 0 Å². The Balaban J connectivity index is 1.91. The molecule has 1 aliphatic carbocycles. The summed E-state index contributed by atoms with van der Waals surface area (Å²) in [6.07, 6.45) is 2.45. The number of anilines is 1. The number of allylic oxidation sites excluding steroid dienone is 1. The number of fused-ring (bicyclic) bond motifs is 1. The number of hydrogen-bond acceptors (Lipinski definition) is 3. The highest BCUT2D eigenvalue weighted by molar-refractivity contribution is 8.00. The maximum absolute atomic E-state index is 12.7. The summed E-state index contributed by atoms with van der Waals surface area (Å²) in [5, 5.41) is 4.17. The highest BCUT2D eigenvalue weighted by atomic mass is 35.5. The number of para-hydroxylation sites is 1. The van der Waals surface area contributed by atoms with Crippen LogP contribution in [0.4, 0.5) is 5.69 Å². The van der Waals surface area contributed by atoms with E-state index < -0.39 is 0 Å². The predicted molar refractivity (Wildman–Crippen MR) is 96.0 cm³/mol. The number of halogens is 1. The van der Waals surface area contributed by atoms with Crippen molar-refractivity contribution in [2.45, 2.75) is 29.4 Å². The fraction of sp³-hybridized carbons (Fsp3) is 0.211. The van der Waals surface area contributed by atoms with Gasteiger partial charge >= 0.3 is 0 Å². The van der Waals surface area contributed by atoms with Crippen LogP contribution in [0.15, 0.2) is 64.7 Å². The van der Waals surface area contributed by atoms with E-state index in [4.69, 9.17) is 11.6 Å². The number of thioether (sulfide) groups is 1. The van der Waals surface area contributed by atoms with E-state index in [-0.39, 0.29) is 11.0 Å². The minimum absolute atomic E-state index is 0.0531. The van der Waals surface area contributed by atoms with Gasteiger partial charge in [-0.25, -0.2) is 0 Å². The third-order valence-electron chi connectivity index (χ3n) is 4.32. The Hall–Kier alpha value is -1.71. The van der Waals surface area contributed by atoms with Crippen LogP contribution in [-0.2, 0) is 4.79 Å². The van der Waals surface area contributed by atoms with Crippen LogP contribution in [-0.4, -0.2) is 5.78 Å². The molecule has 0 radical (unpaired) electrons. The van der Waals surface area contributed by atoms with E-state index >= 15 is 0 Å². The first kappa shape index (κ1) is 14.9. The zero-order valence-electron chi connectivity index (χ0n) is 12.5. The van der Waals surface area contributed by atoms with Crippen molar-refractivity contribution in [1.29, 1.82) is 0 Å². The van der Waals surface area contributed by atoms with Crippen molar-refractivity contribution in [2.24, 2.45) is 0 Å². The first-order valence-corrected chi connectivity index (χ1v) is 9.03. The number of benzene rings is 2. The molecule has 2 aromatic rings. The minimum Gasteiger partial charge on any atom is -0.358 e. The summed E-state index contributed by atoms with van der Waals surface area (Å²) in [5.74, 6) is 0.240. The standard InChI is InChI=1S/C19H16ClNOS/c20-13-7-2-1-6-12(13)19-18-15(9-5-10-16(18)22)21-14-8-3-4-11-17(14)23-19/h1-4,6-8,11,19,21H,5,9-10H2/t19-/m0/s1. The monoisotopic (exact) mass is 341 g/mol. The molecule has 0 aromatic heterocycles. The second-order valence-electron chi connectivity index (χ2n) is 5.81. The summed E-state index contributed by atoms with van der Waals surface area (Å²) < 4.78 is 0. The highest BCUT2D eigenvalue weighted by Crippen LogP contribution is 2.50. The van der Waals surface area contributed by atoms with Crippen LogP contribution < -0.4 is 5.32 Å². The van der Waals surface area contributed by atoms with Crippen molar-refractivity contribution in [3.63, 3.8) is 0 Å². The molecule has 0 amide bonds. The summed E-state index contributed by atoms with van der Waals surface area (Å²) in [6, 6.07) is 16.1. The van der Waals surface area contributed by atoms with Gasteiger partial charge in [0.2, 0.25) is 0 Å². The van der Waals surface area contributed by atoms with Gasteiger partial charge in [-0.05, 0) is 36.6 Å². The van der Waals surface area contributed by atoms with Gasteiger partial charge in [-0.3, -0.25) is 4.79 Å². The molecular formula is C19H16ClNOS. The van der Waals surface area contributed by atoms with Crippen LogP contribution >= 0.6 is 23.4 Å². The van der Waals surface area contributed by atoms with E-state index in [1.807, 2.05) is 36.4 Å². The van der Waals surface area contributed by atoms with Crippen LogP contribution in [0.5, 0.6) is 0 Å². The Labute approximate surface area is 144 Å². The third-order valence-corrected chi connectivity index (χ3v) is 6.00. The average molecular weight is 342 g/mol. The zero-order valence-corrected chi connectivity index (χ0v) is 14.1. The molecule has 4 rings (SSSR count). The molecule has 1 aliphatic heterocycles. The molecule has 0 unspecified atom stereocenters. The number of nitrogens with one attached hydrogen (secondary N) is 1. The molecule has 1 N–H and O–H groups in total. The number of carbonyl (C=O) groups is 1. The molecule has 0 spiro atoms. The van der Waals surface area contributed by atoms with Gasteiger partial charge in [0.05, 0.1) is 10.9 Å². The summed E-state index contributed by atoms with van der Waals surface area (Å²) >= 11 is 8.16. The molecule has 116 valence electrons. The maximum Gasteiger partial charge on any atom is 0.162 e. The summed E-state index contributed by atoms with van der Waals surface area (Å²) in [7, 11) is 0. The first-order chi connectivity index (χ1) is 11.2. The summed E-state index contributed by atoms with van der Waals surface area (Å²) in [6.45, 7) is 0. The maximum atomic E-state index is 12.7. The van der Waals surface area contributed by atoms with Crippen LogP contribution in [0.3, 0.4) is 0 Å². The average Bonchev–Trinajstić information content (AvgIpc) is 2.72. The third kappa shape index (κ3) is 2.68. The molecule has 0 fully saturated rings. The van der Waals surface area contributed by atoms with Crippen LogP contribution in [0.1, 0.15) is 30.1 Å². The van der Waals surface area contributed by atoms with Gasteiger partial charge in [-0.2, -0.15) is 0 Å². The number of Topliss-reactive ketones (excluding diaryl/α,β-unsaturated/α-hetero) is 1. The number of carbonyl (C=O) groups excluding carboxylic acids is 1. The van der Waals surface area contributed by atoms with Gasteiger partial charge in [-0.15, -0.1) is 11.8 Å². The Morgan fingerprint density at radius 2 is 1.83 bits per heavy atom. The molecule has 0 saturated carbocycles. The van der Waals surface area contributed by atoms with E-state index in [2.05, 4.69) is 17.4 Å². The van der Waals surface area contributed by atoms with E-state index in [1.54, 1.807) is 11.8 Å². The van der Waals surface area contributed by atoms with Crippen molar-refractivity contribution in [3.05, 3.63) is 70.4 Å². The van der Waals surface area contributed by atoms with Crippen LogP contribution in [0.2, 0.25) is 5.02 Å². The van der Waals surface area contributed by atoms with Gasteiger partial charge in [0.25, 0.3) is 0 Å². The molecule has 2 aliphatic rings. The van der Waals surface area contributed by atoms with E-state index in [9.17, 15) is 4.79 Å². The normalized spacial score (nSPS) is 20.4. The second-order valence-corrected chi connectivity index (χ2v) is 7.36. The SMILES string of the molecule is O=C1CCCC2=C1[C@H](c1ccccc1Cl)Sc1ccccc1N2. The molecule has 2 aromatic carbocycles. The van der Waals surface area contributed by atoms with Crippen molar-refractivity contribution >= 4 is 34.8 Å². The van der Waals surface area contributed by atoms with Crippen LogP contribution in [0, 0.1) is 0 Å². The van der Waals surface area contributed by atoms with Crippen molar-refractivity contribution in [2.75, 3.05) is 5.32 Å². The smallest absolute Gasteiger partial charge is 0.162 e. The highest BCUT2D eigenvalue weighted by Gasteiger charge is 2.33. The lowest BCUT2D eigenvalue weighted by atomic mass is 9.89. The Morgan fingerprint density at radius 3 is 2.70 bits per heavy atom. The first-order valence-electron chi connectivity index (χ1n) is 7.77. The largest absolute Gasteiger partial charge is 0.358 e. The Bertz CT molecular complexity index is 815. The number of ketones is 1. The number of hydrogen-bond donors (Lipinski definition) is 1. The van der Waals surface area contributed by atoms with Crippen LogP contribution in [0.25, 0.3) is 0 Å². The molecule has 23 heavy (non-hydrogen) atoms. The van der Waals surface area contributed by atoms with Gasteiger partial charge < -0.3 is 5.32 Å². The minimum atomic E-state index is -0.0531. The molecule has 0 saturated heterocycles. The van der Waals surface area contributed by atoms with Gasteiger partial charge in [0.15, 0.2) is 5.78 Å². The molecule has 4 heteroatoms. The predicted octanol–water partition coefficient (Wildman–Crippen LogP) is 5.61. The lowest BCUT2D eigenvalue weighted by Crippen LogP contribution is -2.19. The van der Waals surface area contributed by atoms with Crippen molar-refractivity contribution in [3.8, 4) is 0 Å². The molecule has 1 heterocycles. The fourth-order valence-electron chi connectivity index (χ4n) is 3.23. The lowest BCUT2D eigenvalue weighted by molar-refractivity contribution is -0.116. The lowest BCUT2D eigenvalue weighted by Gasteiger charge is -2.24. The van der Waals surface area contributed by atoms with Crippen molar-refractivity contribution < 1.29 is 4.79 Å². The molecule has 1 atom stereocenters. The quantitative estimate of drug-likeness (QED) is 0.731. The topological polar surface area (TPSA) is 29.1 Å². The van der Waals surface area contributed by atoms with Gasteiger partial charge in [-0.1, -0.05) is 41.9 Å². The fourth-order valence-corrected chi connectivity index (χ4v) is 4.92.